The molecule has 0 N–H and O–H groups in total. The number of hydrogen-bond donors (Lipinski definition) is 0. The largest absolute Gasteiger partial charge is 0.353 e. The second-order valence-electron chi connectivity index (χ2n) is 5.65. The van der Waals surface area contributed by atoms with Crippen molar-refractivity contribution in [2.24, 2.45) is 0 Å². The molecule has 1 aliphatic heterocycles. The van der Waals surface area contributed by atoms with Crippen LogP contribution in [0.3, 0.4) is 0 Å². The maximum atomic E-state index is 12.4. The van der Waals surface area contributed by atoms with Gasteiger partial charge >= 0.3 is 0 Å². The number of carbonyl (C=O) groups excluding carboxylic acids is 1. The fourth-order valence-corrected chi connectivity index (χ4v) is 3.45. The molecule has 1 saturated heterocycles. The van der Waals surface area contributed by atoms with Crippen LogP contribution in [0.4, 0.5) is 5.82 Å². The van der Waals surface area contributed by atoms with Crippen LogP contribution in [0, 0.1) is 0 Å². The molecule has 0 unspecified atom stereocenters. The number of pyridine rings is 1. The van der Waals surface area contributed by atoms with Crippen LogP contribution in [0.1, 0.15) is 13.3 Å². The summed E-state index contributed by atoms with van der Waals surface area (Å²) in [5, 5.41) is 0. The lowest BCUT2D eigenvalue weighted by atomic mass is 10.3. The van der Waals surface area contributed by atoms with Gasteiger partial charge < -0.3 is 9.80 Å². The van der Waals surface area contributed by atoms with E-state index in [9.17, 15) is 13.2 Å². The Morgan fingerprint density at radius 3 is 2.48 bits per heavy atom. The highest BCUT2D eigenvalue weighted by atomic mass is 32.2. The van der Waals surface area contributed by atoms with E-state index in [2.05, 4.69) is 9.88 Å². The van der Waals surface area contributed by atoms with Gasteiger partial charge in [0.05, 0.1) is 12.8 Å². The Labute approximate surface area is 137 Å². The first-order chi connectivity index (χ1) is 10.9. The first-order valence-corrected chi connectivity index (χ1v) is 9.65. The molecule has 0 atom stereocenters. The van der Waals surface area contributed by atoms with Crippen molar-refractivity contribution in [3.63, 3.8) is 0 Å². The van der Waals surface area contributed by atoms with Gasteiger partial charge in [0.1, 0.15) is 5.82 Å². The zero-order valence-electron chi connectivity index (χ0n) is 13.7. The molecular weight excluding hydrogens is 316 g/mol. The normalized spacial score (nSPS) is 16.0. The number of anilines is 1. The molecular formula is C15H24N4O3S. The Balaban J connectivity index is 1.90. The van der Waals surface area contributed by atoms with Crippen molar-refractivity contribution in [3.8, 4) is 0 Å². The van der Waals surface area contributed by atoms with Crippen LogP contribution < -0.4 is 4.90 Å². The number of piperazine rings is 1. The van der Waals surface area contributed by atoms with Crippen molar-refractivity contribution in [1.82, 2.24) is 14.2 Å². The molecule has 2 rings (SSSR count). The van der Waals surface area contributed by atoms with Crippen LogP contribution in [-0.2, 0) is 14.8 Å². The molecule has 0 aliphatic carbocycles. The minimum absolute atomic E-state index is 0.0732. The number of rotatable bonds is 6. The van der Waals surface area contributed by atoms with E-state index in [-0.39, 0.29) is 12.5 Å². The number of hydrogen-bond acceptors (Lipinski definition) is 5. The Bertz CT molecular complexity index is 613. The lowest BCUT2D eigenvalue weighted by Crippen LogP contribution is -2.52. The van der Waals surface area contributed by atoms with Crippen molar-refractivity contribution in [1.29, 1.82) is 0 Å². The van der Waals surface area contributed by atoms with E-state index in [4.69, 9.17) is 0 Å². The topological polar surface area (TPSA) is 73.8 Å². The van der Waals surface area contributed by atoms with Crippen molar-refractivity contribution < 1.29 is 13.2 Å². The second-order valence-corrected chi connectivity index (χ2v) is 7.63. The monoisotopic (exact) mass is 340 g/mol. The quantitative estimate of drug-likeness (QED) is 0.749. The summed E-state index contributed by atoms with van der Waals surface area (Å²) in [6, 6.07) is 5.76. The van der Waals surface area contributed by atoms with Gasteiger partial charge in [-0.05, 0) is 18.6 Å². The summed E-state index contributed by atoms with van der Waals surface area (Å²) in [5.74, 6) is 0.771. The Hall–Kier alpha value is -1.67. The number of aromatic nitrogens is 1. The first kappa shape index (κ1) is 17.7. The van der Waals surface area contributed by atoms with Gasteiger partial charge in [-0.1, -0.05) is 13.0 Å². The van der Waals surface area contributed by atoms with Gasteiger partial charge in [-0.3, -0.25) is 4.79 Å². The fourth-order valence-electron chi connectivity index (χ4n) is 2.59. The van der Waals surface area contributed by atoms with Crippen LogP contribution in [0.2, 0.25) is 0 Å². The molecule has 0 spiro atoms. The zero-order chi connectivity index (χ0) is 16.9. The average molecular weight is 340 g/mol. The molecule has 0 saturated carbocycles. The third-order valence-electron chi connectivity index (χ3n) is 3.86. The second kappa shape index (κ2) is 7.74. The summed E-state index contributed by atoms with van der Waals surface area (Å²) in [6.45, 7) is 4.77. The lowest BCUT2D eigenvalue weighted by Gasteiger charge is -2.36. The van der Waals surface area contributed by atoms with Gasteiger partial charge in [-0.15, -0.1) is 0 Å². The molecule has 7 nitrogen and oxygen atoms in total. The average Bonchev–Trinajstić information content (AvgIpc) is 2.54. The molecule has 1 aliphatic rings. The highest BCUT2D eigenvalue weighted by Crippen LogP contribution is 2.13. The number of carbonyl (C=O) groups is 1. The van der Waals surface area contributed by atoms with Gasteiger partial charge in [0.25, 0.3) is 0 Å². The third kappa shape index (κ3) is 4.90. The minimum atomic E-state index is -3.35. The highest BCUT2D eigenvalue weighted by Gasteiger charge is 2.26. The zero-order valence-corrected chi connectivity index (χ0v) is 14.5. The smallest absolute Gasteiger partial charge is 0.238 e. The molecule has 2 heterocycles. The molecule has 0 bridgehead atoms. The lowest BCUT2D eigenvalue weighted by molar-refractivity contribution is -0.131. The predicted octanol–water partition coefficient (Wildman–Crippen LogP) is 0.402. The molecule has 128 valence electrons. The summed E-state index contributed by atoms with van der Waals surface area (Å²) in [4.78, 5) is 20.5. The Morgan fingerprint density at radius 1 is 1.26 bits per heavy atom. The van der Waals surface area contributed by atoms with E-state index in [1.807, 2.05) is 25.1 Å². The molecule has 1 aromatic heterocycles. The van der Waals surface area contributed by atoms with Gasteiger partial charge in [0.2, 0.25) is 15.9 Å². The van der Waals surface area contributed by atoms with Gasteiger partial charge in [0, 0.05) is 38.9 Å². The van der Waals surface area contributed by atoms with Crippen LogP contribution in [0.5, 0.6) is 0 Å². The van der Waals surface area contributed by atoms with Crippen molar-refractivity contribution in [3.05, 3.63) is 24.4 Å². The van der Waals surface area contributed by atoms with Gasteiger partial charge in [-0.2, -0.15) is 4.31 Å². The van der Waals surface area contributed by atoms with E-state index in [0.29, 0.717) is 39.1 Å². The van der Waals surface area contributed by atoms with Crippen molar-refractivity contribution >= 4 is 21.7 Å². The molecule has 0 aromatic carbocycles. The van der Waals surface area contributed by atoms with E-state index in [1.165, 1.54) is 4.31 Å². The number of nitrogens with zero attached hydrogens (tertiary/aromatic N) is 4. The van der Waals surface area contributed by atoms with E-state index in [1.54, 1.807) is 11.1 Å². The highest BCUT2D eigenvalue weighted by molar-refractivity contribution is 7.88. The first-order valence-electron chi connectivity index (χ1n) is 7.80. The minimum Gasteiger partial charge on any atom is -0.353 e. The fraction of sp³-hybridized carbons (Fsp3) is 0.600. The van der Waals surface area contributed by atoms with Crippen molar-refractivity contribution in [2.75, 3.05) is 50.4 Å². The summed E-state index contributed by atoms with van der Waals surface area (Å²) < 4.78 is 24.7. The molecule has 1 amide bonds. The van der Waals surface area contributed by atoms with E-state index in [0.717, 1.165) is 12.1 Å². The van der Waals surface area contributed by atoms with Crippen LogP contribution >= 0.6 is 0 Å². The van der Waals surface area contributed by atoms with Crippen LogP contribution in [-0.4, -0.2) is 74.0 Å². The van der Waals surface area contributed by atoms with E-state index >= 15 is 0 Å². The van der Waals surface area contributed by atoms with Crippen LogP contribution in [0.25, 0.3) is 0 Å². The maximum Gasteiger partial charge on any atom is 0.238 e. The van der Waals surface area contributed by atoms with E-state index < -0.39 is 10.0 Å². The molecule has 23 heavy (non-hydrogen) atoms. The molecule has 1 fully saturated rings. The number of sulfonamides is 1. The summed E-state index contributed by atoms with van der Waals surface area (Å²) in [7, 11) is -3.35. The van der Waals surface area contributed by atoms with Crippen molar-refractivity contribution in [2.45, 2.75) is 13.3 Å². The molecule has 1 aromatic rings. The van der Waals surface area contributed by atoms with Gasteiger partial charge in [0.15, 0.2) is 0 Å². The summed E-state index contributed by atoms with van der Waals surface area (Å²) in [5.41, 5.74) is 0. The standard InChI is InChI=1S/C15H24N4O3S/c1-3-8-19(23(2,21)22)13-15(20)18-11-9-17(10-12-18)14-6-4-5-7-16-14/h4-7H,3,8-13H2,1-2H3. The predicted molar refractivity (Wildman–Crippen MR) is 89.7 cm³/mol. The Morgan fingerprint density at radius 2 is 1.96 bits per heavy atom. The SMILES string of the molecule is CCCN(CC(=O)N1CCN(c2ccccn2)CC1)S(C)(=O)=O. The molecule has 0 radical (unpaired) electrons. The van der Waals surface area contributed by atoms with Crippen LogP contribution in [0.15, 0.2) is 24.4 Å². The maximum absolute atomic E-state index is 12.4. The summed E-state index contributed by atoms with van der Waals surface area (Å²) >= 11 is 0. The van der Waals surface area contributed by atoms with Gasteiger partial charge in [-0.25, -0.2) is 13.4 Å². The Kier molecular flexibility index (Phi) is 5.95. The summed E-state index contributed by atoms with van der Waals surface area (Å²) in [6.07, 6.45) is 3.59. The third-order valence-corrected chi connectivity index (χ3v) is 5.11. The number of amides is 1. The molecule has 8 heteroatoms.